The molecular formula is C21H31IN4O3S. The third kappa shape index (κ3) is 8.11. The second-order valence-corrected chi connectivity index (χ2v) is 9.24. The molecule has 0 amide bonds. The zero-order valence-corrected chi connectivity index (χ0v) is 21.2. The smallest absolute Gasteiger partial charge is 0.241 e. The maximum Gasteiger partial charge on any atom is 0.241 e. The Bertz CT molecular complexity index is 957. The van der Waals surface area contributed by atoms with Crippen molar-refractivity contribution in [2.24, 2.45) is 4.99 Å². The molecule has 0 aromatic heterocycles. The van der Waals surface area contributed by atoms with E-state index in [2.05, 4.69) is 20.3 Å². The van der Waals surface area contributed by atoms with Gasteiger partial charge in [0.15, 0.2) is 5.96 Å². The highest BCUT2D eigenvalue weighted by Gasteiger charge is 2.24. The number of methoxy groups -OCH3 is 1. The lowest BCUT2D eigenvalue weighted by Gasteiger charge is -2.22. The number of sulfonamides is 1. The molecule has 2 aromatic rings. The summed E-state index contributed by atoms with van der Waals surface area (Å²) in [4.78, 5) is 4.47. The second-order valence-electron chi connectivity index (χ2n) is 7.59. The fraction of sp³-hybridized carbons (Fsp3) is 0.381. The monoisotopic (exact) mass is 546 g/mol. The van der Waals surface area contributed by atoms with Gasteiger partial charge in [-0.1, -0.05) is 30.3 Å². The number of ether oxygens (including phenoxy) is 1. The number of nitrogens with zero attached hydrogens (tertiary/aromatic N) is 1. The molecule has 2 aromatic carbocycles. The van der Waals surface area contributed by atoms with Crippen molar-refractivity contribution < 1.29 is 13.2 Å². The Kier molecular flexibility index (Phi) is 10.1. The van der Waals surface area contributed by atoms with Crippen LogP contribution in [0.2, 0.25) is 0 Å². The molecule has 30 heavy (non-hydrogen) atoms. The van der Waals surface area contributed by atoms with Crippen LogP contribution in [-0.2, 0) is 23.1 Å². The predicted molar refractivity (Wildman–Crippen MR) is 132 cm³/mol. The molecule has 7 nitrogen and oxygen atoms in total. The van der Waals surface area contributed by atoms with Crippen molar-refractivity contribution in [3.05, 3.63) is 59.7 Å². The van der Waals surface area contributed by atoms with Gasteiger partial charge < -0.3 is 15.4 Å². The molecule has 3 N–H and O–H groups in total. The van der Waals surface area contributed by atoms with Gasteiger partial charge in [-0.3, -0.25) is 4.99 Å². The van der Waals surface area contributed by atoms with E-state index in [0.717, 1.165) is 11.3 Å². The zero-order valence-electron chi connectivity index (χ0n) is 18.0. The van der Waals surface area contributed by atoms with E-state index in [0.29, 0.717) is 24.6 Å². The number of aliphatic imine (C=N–C) groups is 1. The van der Waals surface area contributed by atoms with E-state index in [1.165, 1.54) is 0 Å². The van der Waals surface area contributed by atoms with Crippen molar-refractivity contribution in [2.75, 3.05) is 14.2 Å². The van der Waals surface area contributed by atoms with Crippen molar-refractivity contribution >= 4 is 40.0 Å². The Hall–Kier alpha value is -1.85. The highest BCUT2D eigenvalue weighted by Crippen LogP contribution is 2.18. The number of guanidine groups is 1. The van der Waals surface area contributed by atoms with Gasteiger partial charge in [0.1, 0.15) is 5.75 Å². The quantitative estimate of drug-likeness (QED) is 0.282. The highest BCUT2D eigenvalue weighted by molar-refractivity contribution is 14.0. The molecule has 0 spiro atoms. The van der Waals surface area contributed by atoms with E-state index < -0.39 is 15.6 Å². The van der Waals surface area contributed by atoms with Gasteiger partial charge in [-0.05, 0) is 50.1 Å². The maximum atomic E-state index is 12.8. The first-order chi connectivity index (χ1) is 13.6. The summed E-state index contributed by atoms with van der Waals surface area (Å²) >= 11 is 0. The molecule has 0 radical (unpaired) electrons. The SMILES string of the molecule is CN=C(NCc1cccc(OC)c1)NCc1ccccc1S(=O)(=O)NC(C)(C)C.I. The number of rotatable bonds is 7. The molecular weight excluding hydrogens is 515 g/mol. The van der Waals surface area contributed by atoms with Crippen molar-refractivity contribution in [2.45, 2.75) is 44.3 Å². The maximum absolute atomic E-state index is 12.8. The summed E-state index contributed by atoms with van der Waals surface area (Å²) in [5, 5.41) is 6.40. The summed E-state index contributed by atoms with van der Waals surface area (Å²) in [5.41, 5.74) is 1.14. The summed E-state index contributed by atoms with van der Waals surface area (Å²) in [5.74, 6) is 1.36. The molecule has 0 aliphatic rings. The number of hydrogen-bond acceptors (Lipinski definition) is 4. The normalized spacial score (nSPS) is 12.1. The summed E-state index contributed by atoms with van der Waals surface area (Å²) < 4.78 is 33.4. The molecule has 0 saturated heterocycles. The third-order valence-corrected chi connectivity index (χ3v) is 5.83. The lowest BCUT2D eigenvalue weighted by Crippen LogP contribution is -2.41. The minimum atomic E-state index is -3.63. The summed E-state index contributed by atoms with van der Waals surface area (Å²) in [7, 11) is -0.327. The van der Waals surface area contributed by atoms with Crippen LogP contribution >= 0.6 is 24.0 Å². The van der Waals surface area contributed by atoms with E-state index in [1.54, 1.807) is 32.4 Å². The van der Waals surface area contributed by atoms with Gasteiger partial charge in [0.05, 0.1) is 12.0 Å². The van der Waals surface area contributed by atoms with Gasteiger partial charge in [0, 0.05) is 25.7 Å². The van der Waals surface area contributed by atoms with Crippen LogP contribution in [0.15, 0.2) is 58.4 Å². The van der Waals surface area contributed by atoms with E-state index in [4.69, 9.17) is 4.74 Å². The molecule has 166 valence electrons. The van der Waals surface area contributed by atoms with Gasteiger partial charge in [0.2, 0.25) is 10.0 Å². The average molecular weight is 546 g/mol. The van der Waals surface area contributed by atoms with E-state index in [1.807, 2.05) is 51.1 Å². The standard InChI is InChI=1S/C21H30N4O3S.HI/c1-21(2,3)25-29(26,27)19-12-7-6-10-17(19)15-24-20(22-4)23-14-16-9-8-11-18(13-16)28-5;/h6-13,25H,14-15H2,1-5H3,(H2,22,23,24);1H. The average Bonchev–Trinajstić information content (AvgIpc) is 2.66. The number of halogens is 1. The minimum Gasteiger partial charge on any atom is -0.497 e. The van der Waals surface area contributed by atoms with Gasteiger partial charge in [-0.25, -0.2) is 13.1 Å². The Morgan fingerprint density at radius 2 is 1.70 bits per heavy atom. The van der Waals surface area contributed by atoms with Crippen molar-refractivity contribution in [3.63, 3.8) is 0 Å². The van der Waals surface area contributed by atoms with Crippen LogP contribution in [0.4, 0.5) is 0 Å². The van der Waals surface area contributed by atoms with Crippen LogP contribution in [0.5, 0.6) is 5.75 Å². The molecule has 0 aliphatic carbocycles. The van der Waals surface area contributed by atoms with E-state index >= 15 is 0 Å². The topological polar surface area (TPSA) is 91.8 Å². The van der Waals surface area contributed by atoms with Crippen LogP contribution in [-0.4, -0.2) is 34.1 Å². The van der Waals surface area contributed by atoms with Gasteiger partial charge in [-0.15, -0.1) is 24.0 Å². The second kappa shape index (κ2) is 11.5. The van der Waals surface area contributed by atoms with Crippen LogP contribution < -0.4 is 20.1 Å². The summed E-state index contributed by atoms with van der Waals surface area (Å²) in [6, 6.07) is 14.7. The molecule has 0 atom stereocenters. The first-order valence-corrected chi connectivity index (χ1v) is 10.8. The number of hydrogen-bond donors (Lipinski definition) is 3. The van der Waals surface area contributed by atoms with Crippen molar-refractivity contribution in [1.82, 2.24) is 15.4 Å². The van der Waals surface area contributed by atoms with Gasteiger partial charge >= 0.3 is 0 Å². The largest absolute Gasteiger partial charge is 0.497 e. The molecule has 0 fully saturated rings. The summed E-state index contributed by atoms with van der Waals surface area (Å²) in [6.07, 6.45) is 0. The summed E-state index contributed by atoms with van der Waals surface area (Å²) in [6.45, 7) is 6.32. The predicted octanol–water partition coefficient (Wildman–Crippen LogP) is 3.26. The number of nitrogens with one attached hydrogen (secondary N) is 3. The zero-order chi connectivity index (χ0) is 21.5. The fourth-order valence-corrected chi connectivity index (χ4v) is 4.40. The van der Waals surface area contributed by atoms with Crippen LogP contribution in [0, 0.1) is 0 Å². The molecule has 0 unspecified atom stereocenters. The van der Waals surface area contributed by atoms with E-state index in [9.17, 15) is 8.42 Å². The van der Waals surface area contributed by atoms with Gasteiger partial charge in [0.25, 0.3) is 0 Å². The lowest BCUT2D eigenvalue weighted by molar-refractivity contribution is 0.414. The lowest BCUT2D eigenvalue weighted by atomic mass is 10.1. The molecule has 9 heteroatoms. The molecule has 0 saturated carbocycles. The van der Waals surface area contributed by atoms with E-state index in [-0.39, 0.29) is 28.9 Å². The fourth-order valence-electron chi connectivity index (χ4n) is 2.74. The Labute approximate surface area is 196 Å². The third-order valence-electron chi connectivity index (χ3n) is 3.97. The molecule has 0 bridgehead atoms. The molecule has 0 aliphatic heterocycles. The first kappa shape index (κ1) is 26.2. The highest BCUT2D eigenvalue weighted by atomic mass is 127. The minimum absolute atomic E-state index is 0. The van der Waals surface area contributed by atoms with Crippen LogP contribution in [0.1, 0.15) is 31.9 Å². The first-order valence-electron chi connectivity index (χ1n) is 9.34. The Morgan fingerprint density at radius 3 is 2.33 bits per heavy atom. The molecule has 0 heterocycles. The number of benzene rings is 2. The van der Waals surface area contributed by atoms with Crippen LogP contribution in [0.25, 0.3) is 0 Å². The van der Waals surface area contributed by atoms with Crippen molar-refractivity contribution in [1.29, 1.82) is 0 Å². The van der Waals surface area contributed by atoms with Gasteiger partial charge in [-0.2, -0.15) is 0 Å². The van der Waals surface area contributed by atoms with Crippen molar-refractivity contribution in [3.8, 4) is 5.75 Å². The molecule has 2 rings (SSSR count). The van der Waals surface area contributed by atoms with Crippen LogP contribution in [0.3, 0.4) is 0 Å². The Morgan fingerprint density at radius 1 is 1.03 bits per heavy atom. The Balaban J connectivity index is 0.00000450.